The number of fused-ring (bicyclic) bond motifs is 1. The number of nitrogens with zero attached hydrogens (tertiary/aromatic N) is 6. The van der Waals surface area contributed by atoms with Gasteiger partial charge in [-0.2, -0.15) is 0 Å². The number of aliphatic hydroxyl groups excluding tert-OH is 3. The Morgan fingerprint density at radius 1 is 1.15 bits per heavy atom. The van der Waals surface area contributed by atoms with Crippen molar-refractivity contribution in [3.05, 3.63) is 31.4 Å². The molecule has 2 unspecified atom stereocenters. The number of imidazole rings is 2. The minimum absolute atomic E-state index is 0.391. The molecule has 3 aromatic rings. The molecule has 4 N–H and O–H groups in total. The number of aliphatic hydroxyl groups is 3. The van der Waals surface area contributed by atoms with E-state index in [1.165, 1.54) is 17.2 Å². The summed E-state index contributed by atoms with van der Waals surface area (Å²) in [6.07, 6.45) is 4.05. The van der Waals surface area contributed by atoms with Gasteiger partial charge in [-0.05, 0) is 0 Å². The first-order valence-electron chi connectivity index (χ1n) is 8.18. The van der Waals surface area contributed by atoms with Crippen molar-refractivity contribution in [1.29, 1.82) is 0 Å². The van der Waals surface area contributed by atoms with Gasteiger partial charge in [-0.3, -0.25) is 4.57 Å². The quantitative estimate of drug-likeness (QED) is 0.423. The monoisotopic (exact) mass is 361 g/mol. The second-order valence-corrected chi connectivity index (χ2v) is 6.00. The highest BCUT2D eigenvalue weighted by Gasteiger charge is 2.44. The predicted molar refractivity (Wildman–Crippen MR) is 89.0 cm³/mol. The second kappa shape index (κ2) is 6.96. The van der Waals surface area contributed by atoms with E-state index in [1.807, 2.05) is 10.8 Å². The van der Waals surface area contributed by atoms with Gasteiger partial charge in [0.05, 0.1) is 19.3 Å². The molecular formula is C15H19N7O4. The molecule has 4 heterocycles. The summed E-state index contributed by atoms with van der Waals surface area (Å²) >= 11 is 0. The lowest BCUT2D eigenvalue weighted by Crippen LogP contribution is -2.33. The summed E-state index contributed by atoms with van der Waals surface area (Å²) in [4.78, 5) is 16.7. The van der Waals surface area contributed by atoms with Gasteiger partial charge in [-0.25, -0.2) is 19.9 Å². The topological polar surface area (TPSA) is 143 Å². The third kappa shape index (κ3) is 2.90. The molecule has 0 aromatic carbocycles. The van der Waals surface area contributed by atoms with E-state index in [2.05, 4.69) is 25.3 Å². The minimum Gasteiger partial charge on any atom is -0.394 e. The lowest BCUT2D eigenvalue weighted by molar-refractivity contribution is -0.0511. The van der Waals surface area contributed by atoms with Crippen LogP contribution >= 0.6 is 0 Å². The van der Waals surface area contributed by atoms with Crippen LogP contribution in [-0.2, 0) is 11.3 Å². The SMILES string of the molecule is OC[C@H]1O[C@@H](n2cnc3c(NCCn4ccnc4)ncnc32)C(O)C1O. The van der Waals surface area contributed by atoms with Crippen molar-refractivity contribution >= 4 is 17.0 Å². The smallest absolute Gasteiger partial charge is 0.167 e. The lowest BCUT2D eigenvalue weighted by Gasteiger charge is -2.16. The fourth-order valence-electron chi connectivity index (χ4n) is 3.00. The Morgan fingerprint density at radius 2 is 2.04 bits per heavy atom. The Labute approximate surface area is 147 Å². The highest BCUT2D eigenvalue weighted by Crippen LogP contribution is 2.31. The van der Waals surface area contributed by atoms with E-state index < -0.39 is 31.1 Å². The molecule has 0 radical (unpaired) electrons. The maximum Gasteiger partial charge on any atom is 0.167 e. The molecule has 26 heavy (non-hydrogen) atoms. The molecule has 11 nitrogen and oxygen atoms in total. The zero-order chi connectivity index (χ0) is 18.1. The van der Waals surface area contributed by atoms with E-state index in [0.717, 1.165) is 0 Å². The van der Waals surface area contributed by atoms with Crippen molar-refractivity contribution in [3.63, 3.8) is 0 Å². The first-order valence-corrected chi connectivity index (χ1v) is 8.18. The standard InChI is InChI=1S/C15H19N7O4/c23-5-9-11(24)12(25)15(26-9)22-8-20-10-13(18-6-19-14(10)22)17-2-4-21-3-1-16-7-21/h1,3,6-9,11-12,15,23-25H,2,4-5H2,(H,17,18,19)/t9-,11?,12?,15-/m1/s1. The van der Waals surface area contributed by atoms with Crippen LogP contribution in [0.4, 0.5) is 5.82 Å². The van der Waals surface area contributed by atoms with Crippen LogP contribution in [0.1, 0.15) is 6.23 Å². The molecule has 1 saturated heterocycles. The molecule has 1 fully saturated rings. The van der Waals surface area contributed by atoms with Gasteiger partial charge in [0.25, 0.3) is 0 Å². The highest BCUT2D eigenvalue weighted by molar-refractivity contribution is 5.82. The molecule has 0 saturated carbocycles. The van der Waals surface area contributed by atoms with Crippen LogP contribution in [0.3, 0.4) is 0 Å². The number of nitrogens with one attached hydrogen (secondary N) is 1. The Morgan fingerprint density at radius 3 is 2.77 bits per heavy atom. The predicted octanol–water partition coefficient (Wildman–Crippen LogP) is -1.25. The van der Waals surface area contributed by atoms with E-state index >= 15 is 0 Å². The van der Waals surface area contributed by atoms with Crippen molar-refractivity contribution in [1.82, 2.24) is 29.1 Å². The summed E-state index contributed by atoms with van der Waals surface area (Å²) in [5.41, 5.74) is 0.982. The highest BCUT2D eigenvalue weighted by atomic mass is 16.6. The molecule has 3 aromatic heterocycles. The summed E-state index contributed by atoms with van der Waals surface area (Å²) in [6, 6.07) is 0. The first kappa shape index (κ1) is 16.8. The molecule has 11 heteroatoms. The van der Waals surface area contributed by atoms with Gasteiger partial charge in [0.15, 0.2) is 23.2 Å². The van der Waals surface area contributed by atoms with Crippen molar-refractivity contribution in [2.75, 3.05) is 18.5 Å². The number of anilines is 1. The van der Waals surface area contributed by atoms with E-state index in [1.54, 1.807) is 12.5 Å². The number of aromatic nitrogens is 6. The fraction of sp³-hybridized carbons (Fsp3) is 0.467. The zero-order valence-corrected chi connectivity index (χ0v) is 13.8. The van der Waals surface area contributed by atoms with Crippen LogP contribution < -0.4 is 5.32 Å². The fourth-order valence-corrected chi connectivity index (χ4v) is 3.00. The van der Waals surface area contributed by atoms with Gasteiger partial charge < -0.3 is 29.9 Å². The number of rotatable bonds is 6. The van der Waals surface area contributed by atoms with E-state index in [0.29, 0.717) is 30.1 Å². The number of ether oxygens (including phenoxy) is 1. The van der Waals surface area contributed by atoms with Gasteiger partial charge in [-0.1, -0.05) is 0 Å². The van der Waals surface area contributed by atoms with Gasteiger partial charge in [0, 0.05) is 25.5 Å². The summed E-state index contributed by atoms with van der Waals surface area (Å²) in [5, 5.41) is 32.6. The molecule has 1 aliphatic heterocycles. The molecule has 0 bridgehead atoms. The molecule has 4 atom stereocenters. The molecule has 138 valence electrons. The van der Waals surface area contributed by atoms with Crippen LogP contribution in [0.15, 0.2) is 31.4 Å². The zero-order valence-electron chi connectivity index (χ0n) is 13.8. The first-order chi connectivity index (χ1) is 12.7. The largest absolute Gasteiger partial charge is 0.394 e. The van der Waals surface area contributed by atoms with Crippen LogP contribution in [0.5, 0.6) is 0 Å². The Bertz CT molecular complexity index is 868. The molecule has 4 rings (SSSR count). The second-order valence-electron chi connectivity index (χ2n) is 6.00. The molecular weight excluding hydrogens is 342 g/mol. The minimum atomic E-state index is -1.20. The van der Waals surface area contributed by atoms with Gasteiger partial charge >= 0.3 is 0 Å². The van der Waals surface area contributed by atoms with E-state index in [4.69, 9.17) is 4.74 Å². The van der Waals surface area contributed by atoms with Gasteiger partial charge in [-0.15, -0.1) is 0 Å². The number of hydrogen-bond donors (Lipinski definition) is 4. The van der Waals surface area contributed by atoms with Gasteiger partial charge in [0.2, 0.25) is 0 Å². The maximum atomic E-state index is 10.2. The Balaban J connectivity index is 1.55. The summed E-state index contributed by atoms with van der Waals surface area (Å²) in [7, 11) is 0. The normalized spacial score (nSPS) is 25.8. The van der Waals surface area contributed by atoms with Crippen molar-refractivity contribution in [2.45, 2.75) is 31.1 Å². The Hall–Kier alpha value is -2.60. The summed E-state index contributed by atoms with van der Waals surface area (Å²) in [5.74, 6) is 0.556. The Kier molecular flexibility index (Phi) is 4.51. The molecule has 0 amide bonds. The van der Waals surface area contributed by atoms with Crippen molar-refractivity contribution in [3.8, 4) is 0 Å². The molecule has 0 aliphatic carbocycles. The number of hydrogen-bond acceptors (Lipinski definition) is 9. The third-order valence-corrected chi connectivity index (χ3v) is 4.37. The third-order valence-electron chi connectivity index (χ3n) is 4.37. The molecule has 1 aliphatic rings. The van der Waals surface area contributed by atoms with Crippen LogP contribution in [0.25, 0.3) is 11.2 Å². The van der Waals surface area contributed by atoms with Crippen LogP contribution in [0, 0.1) is 0 Å². The van der Waals surface area contributed by atoms with E-state index in [9.17, 15) is 15.3 Å². The van der Waals surface area contributed by atoms with Crippen LogP contribution in [-0.4, -0.2) is 75.9 Å². The van der Waals surface area contributed by atoms with Gasteiger partial charge in [0.1, 0.15) is 24.6 Å². The van der Waals surface area contributed by atoms with Crippen molar-refractivity contribution < 1.29 is 20.1 Å². The summed E-state index contributed by atoms with van der Waals surface area (Å²) < 4.78 is 9.00. The lowest BCUT2D eigenvalue weighted by atomic mass is 10.1. The van der Waals surface area contributed by atoms with Crippen molar-refractivity contribution in [2.24, 2.45) is 0 Å². The summed E-state index contributed by atoms with van der Waals surface area (Å²) in [6.45, 7) is 0.932. The van der Waals surface area contributed by atoms with Crippen LogP contribution in [0.2, 0.25) is 0 Å². The molecule has 0 spiro atoms. The van der Waals surface area contributed by atoms with E-state index in [-0.39, 0.29) is 0 Å². The average molecular weight is 361 g/mol. The maximum absolute atomic E-state index is 10.2. The average Bonchev–Trinajstić information content (AvgIpc) is 3.37.